The Morgan fingerprint density at radius 1 is 1.54 bits per heavy atom. The van der Waals surface area contributed by atoms with Crippen LogP contribution in [0.1, 0.15) is 24.2 Å². The Labute approximate surface area is 73.3 Å². The molecule has 13 heavy (non-hydrogen) atoms. The molecule has 1 saturated heterocycles. The summed E-state index contributed by atoms with van der Waals surface area (Å²) < 4.78 is 30.5. The van der Waals surface area contributed by atoms with Crippen LogP contribution in [0.3, 0.4) is 0 Å². The predicted molar refractivity (Wildman–Crippen MR) is 39.3 cm³/mol. The van der Waals surface area contributed by atoms with E-state index in [2.05, 4.69) is 15.5 Å². The molecule has 0 aromatic carbocycles. The van der Waals surface area contributed by atoms with Gasteiger partial charge in [0, 0.05) is 13.3 Å². The van der Waals surface area contributed by atoms with Crippen LogP contribution in [0, 0.1) is 6.92 Å². The lowest BCUT2D eigenvalue weighted by Crippen LogP contribution is -2.19. The van der Waals surface area contributed by atoms with E-state index < -0.39 is 12.0 Å². The Morgan fingerprint density at radius 3 is 2.77 bits per heavy atom. The number of nitrogens with one attached hydrogen (secondary N) is 1. The van der Waals surface area contributed by atoms with Gasteiger partial charge in [0.05, 0.1) is 12.6 Å². The van der Waals surface area contributed by atoms with Crippen molar-refractivity contribution in [2.24, 2.45) is 0 Å². The first-order valence-electron chi connectivity index (χ1n) is 3.98. The van der Waals surface area contributed by atoms with Crippen molar-refractivity contribution in [3.63, 3.8) is 0 Å². The number of nitrogens with zero attached hydrogens (tertiary/aromatic N) is 2. The Hall–Kier alpha value is -1.04. The summed E-state index contributed by atoms with van der Waals surface area (Å²) in [6.45, 7) is 1.31. The summed E-state index contributed by atoms with van der Waals surface area (Å²) in [5, 5.41) is 9.89. The SMILES string of the molecule is Cc1nnc(C2CC(F)(F)CN2)o1. The highest BCUT2D eigenvalue weighted by Crippen LogP contribution is 2.32. The molecule has 0 spiro atoms. The Balaban J connectivity index is 2.12. The number of rotatable bonds is 1. The second-order valence-electron chi connectivity index (χ2n) is 3.15. The molecule has 0 bridgehead atoms. The number of aryl methyl sites for hydroxylation is 1. The summed E-state index contributed by atoms with van der Waals surface area (Å²) in [7, 11) is 0. The third-order valence-electron chi connectivity index (χ3n) is 1.95. The first-order chi connectivity index (χ1) is 6.07. The Morgan fingerprint density at radius 2 is 2.31 bits per heavy atom. The van der Waals surface area contributed by atoms with E-state index in [0.717, 1.165) is 0 Å². The zero-order valence-electron chi connectivity index (χ0n) is 7.05. The largest absolute Gasteiger partial charge is 0.424 e. The van der Waals surface area contributed by atoms with Crippen LogP contribution in [0.25, 0.3) is 0 Å². The topological polar surface area (TPSA) is 51.0 Å². The maximum absolute atomic E-state index is 12.7. The van der Waals surface area contributed by atoms with E-state index in [9.17, 15) is 8.78 Å². The number of halogens is 2. The van der Waals surface area contributed by atoms with Crippen molar-refractivity contribution in [2.45, 2.75) is 25.3 Å². The Kier molecular flexibility index (Phi) is 1.80. The highest BCUT2D eigenvalue weighted by atomic mass is 19.3. The van der Waals surface area contributed by atoms with Crippen LogP contribution in [-0.2, 0) is 0 Å². The molecule has 1 aromatic heterocycles. The fraction of sp³-hybridized carbons (Fsp3) is 0.714. The van der Waals surface area contributed by atoms with Gasteiger partial charge in [0.1, 0.15) is 0 Å². The number of aromatic nitrogens is 2. The molecular formula is C7H9F2N3O. The molecule has 1 fully saturated rings. The van der Waals surface area contributed by atoms with Gasteiger partial charge in [-0.15, -0.1) is 10.2 Å². The van der Waals surface area contributed by atoms with Crippen molar-refractivity contribution in [3.8, 4) is 0 Å². The lowest BCUT2D eigenvalue weighted by atomic mass is 10.2. The van der Waals surface area contributed by atoms with Gasteiger partial charge in [0.25, 0.3) is 5.92 Å². The third kappa shape index (κ3) is 1.67. The van der Waals surface area contributed by atoms with Crippen molar-refractivity contribution in [1.82, 2.24) is 15.5 Å². The van der Waals surface area contributed by atoms with E-state index in [-0.39, 0.29) is 18.9 Å². The lowest BCUT2D eigenvalue weighted by Gasteiger charge is -2.04. The standard InChI is InChI=1S/C7H9F2N3O/c1-4-11-12-6(13-4)5-2-7(8,9)3-10-5/h5,10H,2-3H2,1H3. The normalized spacial score (nSPS) is 26.5. The second-order valence-corrected chi connectivity index (χ2v) is 3.15. The molecule has 1 aliphatic heterocycles. The smallest absolute Gasteiger partial charge is 0.262 e. The Bertz CT molecular complexity index is 312. The van der Waals surface area contributed by atoms with Crippen LogP contribution < -0.4 is 5.32 Å². The monoisotopic (exact) mass is 189 g/mol. The van der Waals surface area contributed by atoms with E-state index in [0.29, 0.717) is 5.89 Å². The van der Waals surface area contributed by atoms with Gasteiger partial charge in [0.2, 0.25) is 11.8 Å². The fourth-order valence-corrected chi connectivity index (χ4v) is 1.34. The molecule has 2 rings (SSSR count). The van der Waals surface area contributed by atoms with E-state index in [1.807, 2.05) is 0 Å². The molecule has 0 radical (unpaired) electrons. The van der Waals surface area contributed by atoms with Gasteiger partial charge in [-0.3, -0.25) is 5.32 Å². The first kappa shape index (κ1) is 8.55. The van der Waals surface area contributed by atoms with E-state index in [1.165, 1.54) is 0 Å². The molecule has 1 N–H and O–H groups in total. The minimum absolute atomic E-state index is 0.245. The highest BCUT2D eigenvalue weighted by Gasteiger charge is 2.41. The number of hydrogen-bond acceptors (Lipinski definition) is 4. The first-order valence-corrected chi connectivity index (χ1v) is 3.98. The minimum Gasteiger partial charge on any atom is -0.424 e. The van der Waals surface area contributed by atoms with E-state index in [1.54, 1.807) is 6.92 Å². The van der Waals surface area contributed by atoms with Crippen LogP contribution in [-0.4, -0.2) is 22.7 Å². The molecule has 0 saturated carbocycles. The average molecular weight is 189 g/mol. The fourth-order valence-electron chi connectivity index (χ4n) is 1.34. The van der Waals surface area contributed by atoms with Gasteiger partial charge in [-0.1, -0.05) is 0 Å². The maximum Gasteiger partial charge on any atom is 0.262 e. The summed E-state index contributed by atoms with van der Waals surface area (Å²) in [6, 6.07) is -0.504. The summed E-state index contributed by atoms with van der Waals surface area (Å²) in [5.74, 6) is -2.02. The molecular weight excluding hydrogens is 180 g/mol. The quantitative estimate of drug-likeness (QED) is 0.717. The number of alkyl halides is 2. The molecule has 1 aliphatic rings. The summed E-state index contributed by atoms with van der Waals surface area (Å²) in [6.07, 6.45) is -0.269. The van der Waals surface area contributed by atoms with Crippen molar-refractivity contribution < 1.29 is 13.2 Å². The highest BCUT2D eigenvalue weighted by molar-refractivity contribution is 4.97. The third-order valence-corrected chi connectivity index (χ3v) is 1.95. The molecule has 0 aliphatic carbocycles. The molecule has 1 atom stereocenters. The van der Waals surface area contributed by atoms with Gasteiger partial charge >= 0.3 is 0 Å². The summed E-state index contributed by atoms with van der Waals surface area (Å²) in [4.78, 5) is 0. The van der Waals surface area contributed by atoms with Crippen molar-refractivity contribution in [1.29, 1.82) is 0 Å². The second kappa shape index (κ2) is 2.73. The van der Waals surface area contributed by atoms with Crippen LogP contribution in [0.15, 0.2) is 4.42 Å². The predicted octanol–water partition coefficient (Wildman–Crippen LogP) is 1.05. The maximum atomic E-state index is 12.7. The lowest BCUT2D eigenvalue weighted by molar-refractivity contribution is 0.0202. The molecule has 1 unspecified atom stereocenters. The van der Waals surface area contributed by atoms with Crippen molar-refractivity contribution >= 4 is 0 Å². The van der Waals surface area contributed by atoms with Crippen molar-refractivity contribution in [3.05, 3.63) is 11.8 Å². The van der Waals surface area contributed by atoms with Gasteiger partial charge in [-0.2, -0.15) is 0 Å². The molecule has 2 heterocycles. The summed E-state index contributed by atoms with van der Waals surface area (Å²) in [5.41, 5.74) is 0. The number of hydrogen-bond donors (Lipinski definition) is 1. The average Bonchev–Trinajstić information content (AvgIpc) is 2.56. The van der Waals surface area contributed by atoms with Gasteiger partial charge in [-0.25, -0.2) is 8.78 Å². The zero-order valence-corrected chi connectivity index (χ0v) is 7.05. The van der Waals surface area contributed by atoms with Crippen LogP contribution >= 0.6 is 0 Å². The van der Waals surface area contributed by atoms with Gasteiger partial charge in [-0.05, 0) is 0 Å². The van der Waals surface area contributed by atoms with E-state index >= 15 is 0 Å². The van der Waals surface area contributed by atoms with Crippen LogP contribution in [0.5, 0.6) is 0 Å². The minimum atomic E-state index is -2.66. The molecule has 1 aromatic rings. The zero-order chi connectivity index (χ0) is 9.47. The molecule has 4 nitrogen and oxygen atoms in total. The van der Waals surface area contributed by atoms with Crippen LogP contribution in [0.4, 0.5) is 8.78 Å². The molecule has 6 heteroatoms. The molecule has 0 amide bonds. The van der Waals surface area contributed by atoms with Crippen molar-refractivity contribution in [2.75, 3.05) is 6.54 Å². The summed E-state index contributed by atoms with van der Waals surface area (Å²) >= 11 is 0. The van der Waals surface area contributed by atoms with Gasteiger partial charge in [0.15, 0.2) is 0 Å². The van der Waals surface area contributed by atoms with E-state index in [4.69, 9.17) is 4.42 Å². The van der Waals surface area contributed by atoms with Gasteiger partial charge < -0.3 is 4.42 Å². The molecule has 72 valence electrons. The van der Waals surface area contributed by atoms with Crippen LogP contribution in [0.2, 0.25) is 0 Å².